The average Bonchev–Trinajstić information content (AvgIpc) is 3.25. The maximum absolute atomic E-state index is 13.7. The van der Waals surface area contributed by atoms with Gasteiger partial charge in [-0.05, 0) is 31.4 Å². The molecule has 2 aromatic rings. The molecule has 1 aliphatic heterocycles. The van der Waals surface area contributed by atoms with Gasteiger partial charge in [-0.2, -0.15) is 0 Å². The molecule has 0 saturated carbocycles. The van der Waals surface area contributed by atoms with Crippen LogP contribution in [0.1, 0.15) is 24.8 Å². The maximum atomic E-state index is 13.7. The van der Waals surface area contributed by atoms with Crippen molar-refractivity contribution in [2.24, 2.45) is 0 Å². The van der Waals surface area contributed by atoms with Crippen molar-refractivity contribution in [2.75, 3.05) is 17.2 Å². The van der Waals surface area contributed by atoms with E-state index in [0.717, 1.165) is 11.4 Å². The number of anilines is 2. The van der Waals surface area contributed by atoms with Gasteiger partial charge in [-0.25, -0.2) is 9.18 Å². The zero-order chi connectivity index (χ0) is 17.8. The monoisotopic (exact) mass is 363 g/mol. The van der Waals surface area contributed by atoms with E-state index in [4.69, 9.17) is 0 Å². The first-order valence-electron chi connectivity index (χ1n) is 8.04. The molecule has 0 aliphatic carbocycles. The number of likely N-dealkylation sites (tertiary alicyclic amines) is 1. The zero-order valence-corrected chi connectivity index (χ0v) is 14.5. The predicted octanol–water partition coefficient (Wildman–Crippen LogP) is 2.87. The van der Waals surface area contributed by atoms with Crippen molar-refractivity contribution in [3.63, 3.8) is 0 Å². The van der Waals surface area contributed by atoms with Crippen LogP contribution in [-0.2, 0) is 11.2 Å². The van der Waals surface area contributed by atoms with Crippen LogP contribution in [0, 0.1) is 5.82 Å². The molecule has 0 bridgehead atoms. The Kier molecular flexibility index (Phi) is 5.22. The van der Waals surface area contributed by atoms with E-state index >= 15 is 0 Å². The molecule has 0 unspecified atom stereocenters. The molecule has 25 heavy (non-hydrogen) atoms. The standard InChI is InChI=1S/C16H18FN5O2S/c1-2-13-20-21-15(25-13)19-14(23)12-8-5-9-22(12)16(24)18-11-7-4-3-6-10(11)17/h3-4,6-7,12H,2,5,8-9H2,1H3,(H,18,24)(H,19,21,23)/t12-/m0/s1. The Morgan fingerprint density at radius 1 is 1.32 bits per heavy atom. The second-order valence-corrected chi connectivity index (χ2v) is 6.67. The van der Waals surface area contributed by atoms with E-state index in [1.54, 1.807) is 12.1 Å². The number of nitrogens with zero attached hydrogens (tertiary/aromatic N) is 3. The van der Waals surface area contributed by atoms with Gasteiger partial charge in [-0.3, -0.25) is 10.1 Å². The summed E-state index contributed by atoms with van der Waals surface area (Å²) < 4.78 is 13.7. The summed E-state index contributed by atoms with van der Waals surface area (Å²) in [4.78, 5) is 26.3. The molecule has 7 nitrogen and oxygen atoms in total. The number of nitrogens with one attached hydrogen (secondary N) is 2. The van der Waals surface area contributed by atoms with Gasteiger partial charge in [0.25, 0.3) is 0 Å². The number of carbonyl (C=O) groups is 2. The number of hydrogen-bond acceptors (Lipinski definition) is 5. The quantitative estimate of drug-likeness (QED) is 0.874. The SMILES string of the molecule is CCc1nnc(NC(=O)[C@@H]2CCCN2C(=O)Nc2ccccc2F)s1. The van der Waals surface area contributed by atoms with Gasteiger partial charge in [0.15, 0.2) is 0 Å². The predicted molar refractivity (Wildman–Crippen MR) is 93.1 cm³/mol. The number of hydrogen-bond donors (Lipinski definition) is 2. The number of rotatable bonds is 4. The Morgan fingerprint density at radius 2 is 2.12 bits per heavy atom. The zero-order valence-electron chi connectivity index (χ0n) is 13.7. The number of urea groups is 1. The largest absolute Gasteiger partial charge is 0.322 e. The maximum Gasteiger partial charge on any atom is 0.322 e. The molecule has 1 atom stereocenters. The third-order valence-corrected chi connectivity index (χ3v) is 4.91. The number of aryl methyl sites for hydroxylation is 1. The number of para-hydroxylation sites is 1. The molecule has 2 heterocycles. The molecule has 0 radical (unpaired) electrons. The van der Waals surface area contributed by atoms with E-state index in [-0.39, 0.29) is 11.6 Å². The summed E-state index contributed by atoms with van der Waals surface area (Å²) in [5.74, 6) is -0.822. The highest BCUT2D eigenvalue weighted by molar-refractivity contribution is 7.15. The smallest absolute Gasteiger partial charge is 0.312 e. The topological polar surface area (TPSA) is 87.2 Å². The molecule has 3 amide bonds. The van der Waals surface area contributed by atoms with E-state index in [1.165, 1.54) is 28.4 Å². The summed E-state index contributed by atoms with van der Waals surface area (Å²) in [6, 6.07) is 4.82. The van der Waals surface area contributed by atoms with Gasteiger partial charge in [0.1, 0.15) is 16.9 Å². The molecule has 2 N–H and O–H groups in total. The highest BCUT2D eigenvalue weighted by Crippen LogP contribution is 2.23. The minimum Gasteiger partial charge on any atom is -0.312 e. The van der Waals surface area contributed by atoms with Gasteiger partial charge in [0.2, 0.25) is 11.0 Å². The molecule has 9 heteroatoms. The van der Waals surface area contributed by atoms with Crippen molar-refractivity contribution in [3.8, 4) is 0 Å². The second-order valence-electron chi connectivity index (χ2n) is 5.61. The molecular weight excluding hydrogens is 345 g/mol. The summed E-state index contributed by atoms with van der Waals surface area (Å²) in [6.45, 7) is 2.40. The normalized spacial score (nSPS) is 16.7. The number of aromatic nitrogens is 2. The summed E-state index contributed by atoms with van der Waals surface area (Å²) in [5, 5.41) is 14.3. The van der Waals surface area contributed by atoms with E-state index in [0.29, 0.717) is 24.5 Å². The first-order valence-corrected chi connectivity index (χ1v) is 8.85. The lowest BCUT2D eigenvalue weighted by Gasteiger charge is -2.23. The van der Waals surface area contributed by atoms with E-state index in [2.05, 4.69) is 20.8 Å². The van der Waals surface area contributed by atoms with Gasteiger partial charge in [0, 0.05) is 6.54 Å². The Morgan fingerprint density at radius 3 is 2.84 bits per heavy atom. The summed E-state index contributed by atoms with van der Waals surface area (Å²) in [7, 11) is 0. The van der Waals surface area contributed by atoms with Crippen LogP contribution >= 0.6 is 11.3 Å². The highest BCUT2D eigenvalue weighted by Gasteiger charge is 2.34. The van der Waals surface area contributed by atoms with Gasteiger partial charge < -0.3 is 10.2 Å². The molecule has 3 rings (SSSR count). The number of carbonyl (C=O) groups excluding carboxylic acids is 2. The van der Waals surface area contributed by atoms with Crippen LogP contribution in [-0.4, -0.2) is 39.6 Å². The number of benzene rings is 1. The van der Waals surface area contributed by atoms with Crippen LogP contribution < -0.4 is 10.6 Å². The first-order chi connectivity index (χ1) is 12.1. The van der Waals surface area contributed by atoms with Crippen molar-refractivity contribution >= 4 is 34.1 Å². The Hall–Kier alpha value is -2.55. The molecule has 1 aromatic heterocycles. The second kappa shape index (κ2) is 7.56. The Labute approximate surface area is 148 Å². The van der Waals surface area contributed by atoms with Gasteiger partial charge in [0.05, 0.1) is 5.69 Å². The van der Waals surface area contributed by atoms with Gasteiger partial charge in [-0.1, -0.05) is 30.4 Å². The molecular formula is C16H18FN5O2S. The van der Waals surface area contributed by atoms with Crippen LogP contribution in [0.25, 0.3) is 0 Å². The Bertz CT molecular complexity index is 781. The minimum absolute atomic E-state index is 0.0928. The first kappa shape index (κ1) is 17.3. The summed E-state index contributed by atoms with van der Waals surface area (Å²) in [5.41, 5.74) is 0.0928. The van der Waals surface area contributed by atoms with Crippen molar-refractivity contribution in [1.82, 2.24) is 15.1 Å². The number of amides is 3. The molecule has 132 valence electrons. The molecule has 1 saturated heterocycles. The van der Waals surface area contributed by atoms with Crippen LogP contribution in [0.15, 0.2) is 24.3 Å². The summed E-state index contributed by atoms with van der Waals surface area (Å²) >= 11 is 1.31. The fourth-order valence-electron chi connectivity index (χ4n) is 2.67. The minimum atomic E-state index is -0.610. The molecule has 0 spiro atoms. The Balaban J connectivity index is 1.66. The van der Waals surface area contributed by atoms with Crippen LogP contribution in [0.5, 0.6) is 0 Å². The third-order valence-electron chi connectivity index (χ3n) is 3.93. The van der Waals surface area contributed by atoms with E-state index in [1.807, 2.05) is 6.92 Å². The van der Waals surface area contributed by atoms with Crippen LogP contribution in [0.3, 0.4) is 0 Å². The van der Waals surface area contributed by atoms with Gasteiger partial charge >= 0.3 is 6.03 Å². The molecule has 1 aliphatic rings. The molecule has 1 aromatic carbocycles. The highest BCUT2D eigenvalue weighted by atomic mass is 32.1. The van der Waals surface area contributed by atoms with Crippen molar-refractivity contribution in [1.29, 1.82) is 0 Å². The lowest BCUT2D eigenvalue weighted by Crippen LogP contribution is -2.45. The van der Waals surface area contributed by atoms with E-state index < -0.39 is 17.9 Å². The van der Waals surface area contributed by atoms with Crippen molar-refractivity contribution in [2.45, 2.75) is 32.2 Å². The van der Waals surface area contributed by atoms with Gasteiger partial charge in [-0.15, -0.1) is 10.2 Å². The molecule has 1 fully saturated rings. The third kappa shape index (κ3) is 3.93. The van der Waals surface area contributed by atoms with Crippen molar-refractivity contribution in [3.05, 3.63) is 35.1 Å². The fourth-order valence-corrected chi connectivity index (χ4v) is 3.35. The fraction of sp³-hybridized carbons (Fsp3) is 0.375. The van der Waals surface area contributed by atoms with Crippen LogP contribution in [0.2, 0.25) is 0 Å². The summed E-state index contributed by atoms with van der Waals surface area (Å²) in [6.07, 6.45) is 2.00. The lowest BCUT2D eigenvalue weighted by molar-refractivity contribution is -0.119. The number of halogens is 1. The van der Waals surface area contributed by atoms with Crippen molar-refractivity contribution < 1.29 is 14.0 Å². The van der Waals surface area contributed by atoms with Crippen LogP contribution in [0.4, 0.5) is 20.0 Å². The average molecular weight is 363 g/mol. The lowest BCUT2D eigenvalue weighted by atomic mass is 10.2. The van der Waals surface area contributed by atoms with E-state index in [9.17, 15) is 14.0 Å².